The number of halogens is 3. The fraction of sp³-hybridized carbons (Fsp3) is 0.750. The van der Waals surface area contributed by atoms with E-state index < -0.39 is 12.7 Å². The molecule has 2 heterocycles. The molecule has 0 saturated carbocycles. The molecule has 9 heteroatoms. The average molecular weight is 305 g/mol. The molecule has 0 aliphatic carbocycles. The second-order valence-electron chi connectivity index (χ2n) is 5.20. The number of nitrogens with zero attached hydrogens (tertiary/aromatic N) is 4. The highest BCUT2D eigenvalue weighted by molar-refractivity contribution is 5.78. The van der Waals surface area contributed by atoms with Gasteiger partial charge in [-0.2, -0.15) is 13.2 Å². The molecule has 1 amide bonds. The topological polar surface area (TPSA) is 63.1 Å². The van der Waals surface area contributed by atoms with E-state index in [9.17, 15) is 18.0 Å². The zero-order valence-electron chi connectivity index (χ0n) is 11.7. The van der Waals surface area contributed by atoms with Crippen LogP contribution in [0, 0.1) is 0 Å². The van der Waals surface area contributed by atoms with Crippen molar-refractivity contribution in [2.24, 2.45) is 7.05 Å². The minimum atomic E-state index is -4.30. The average Bonchev–Trinajstić information content (AvgIpc) is 2.83. The second-order valence-corrected chi connectivity index (χ2v) is 5.20. The lowest BCUT2D eigenvalue weighted by atomic mass is 9.97. The van der Waals surface area contributed by atoms with E-state index in [2.05, 4.69) is 15.5 Å². The highest BCUT2D eigenvalue weighted by atomic mass is 19.4. The normalized spacial score (nSPS) is 19.8. The molecule has 1 saturated heterocycles. The number of aryl methyl sites for hydroxylation is 1. The fourth-order valence-corrected chi connectivity index (χ4v) is 2.50. The van der Waals surface area contributed by atoms with Crippen LogP contribution in [0.1, 0.15) is 24.6 Å². The van der Waals surface area contributed by atoms with Gasteiger partial charge in [0.2, 0.25) is 5.91 Å². The van der Waals surface area contributed by atoms with Crippen molar-refractivity contribution in [2.45, 2.75) is 24.9 Å². The van der Waals surface area contributed by atoms with Crippen molar-refractivity contribution in [1.82, 2.24) is 25.0 Å². The Kier molecular flexibility index (Phi) is 4.81. The van der Waals surface area contributed by atoms with E-state index in [0.29, 0.717) is 13.1 Å². The largest absolute Gasteiger partial charge is 0.401 e. The first-order valence-electron chi connectivity index (χ1n) is 6.76. The van der Waals surface area contributed by atoms with Crippen molar-refractivity contribution < 1.29 is 18.0 Å². The zero-order valence-corrected chi connectivity index (χ0v) is 11.7. The number of aromatic nitrogens is 3. The summed E-state index contributed by atoms with van der Waals surface area (Å²) < 4.78 is 37.9. The Morgan fingerprint density at radius 3 is 2.90 bits per heavy atom. The van der Waals surface area contributed by atoms with E-state index in [4.69, 9.17) is 0 Å². The van der Waals surface area contributed by atoms with Crippen LogP contribution in [0.25, 0.3) is 0 Å². The molecule has 0 radical (unpaired) electrons. The summed E-state index contributed by atoms with van der Waals surface area (Å²) in [4.78, 5) is 13.5. The number of piperidine rings is 1. The SMILES string of the molecule is Cn1cnnc1C1CCCN(C(=O)CNCC(F)(F)F)C1. The maximum absolute atomic E-state index is 12.0. The number of amides is 1. The number of alkyl halides is 3. The summed E-state index contributed by atoms with van der Waals surface area (Å²) in [5, 5.41) is 9.99. The van der Waals surface area contributed by atoms with Crippen LogP contribution in [-0.4, -0.2) is 57.9 Å². The van der Waals surface area contributed by atoms with Crippen LogP contribution in [0.5, 0.6) is 0 Å². The summed E-state index contributed by atoms with van der Waals surface area (Å²) >= 11 is 0. The lowest BCUT2D eigenvalue weighted by molar-refractivity contribution is -0.135. The predicted octanol–water partition coefficient (Wildman–Crippen LogP) is 0.673. The third-order valence-corrected chi connectivity index (χ3v) is 3.49. The third kappa shape index (κ3) is 4.42. The number of hydrogen-bond donors (Lipinski definition) is 1. The first kappa shape index (κ1) is 15.7. The summed E-state index contributed by atoms with van der Waals surface area (Å²) in [7, 11) is 1.83. The van der Waals surface area contributed by atoms with Gasteiger partial charge in [0.1, 0.15) is 12.2 Å². The number of carbonyl (C=O) groups excluding carboxylic acids is 1. The molecule has 21 heavy (non-hydrogen) atoms. The maximum Gasteiger partial charge on any atom is 0.401 e. The third-order valence-electron chi connectivity index (χ3n) is 3.49. The first-order valence-corrected chi connectivity index (χ1v) is 6.76. The quantitative estimate of drug-likeness (QED) is 0.888. The summed E-state index contributed by atoms with van der Waals surface area (Å²) in [6, 6.07) is 0. The Hall–Kier alpha value is -1.64. The van der Waals surface area contributed by atoms with Crippen molar-refractivity contribution in [3.8, 4) is 0 Å². The molecular formula is C12H18F3N5O. The fourth-order valence-electron chi connectivity index (χ4n) is 2.50. The van der Waals surface area contributed by atoms with Crippen molar-refractivity contribution in [2.75, 3.05) is 26.2 Å². The Morgan fingerprint density at radius 1 is 1.52 bits per heavy atom. The number of likely N-dealkylation sites (tertiary alicyclic amines) is 1. The molecule has 2 rings (SSSR count). The monoisotopic (exact) mass is 305 g/mol. The molecule has 1 N–H and O–H groups in total. The first-order chi connectivity index (χ1) is 9.87. The molecule has 0 spiro atoms. The van der Waals surface area contributed by atoms with Gasteiger partial charge in [-0.1, -0.05) is 0 Å². The van der Waals surface area contributed by atoms with Crippen molar-refractivity contribution in [3.63, 3.8) is 0 Å². The predicted molar refractivity (Wildman–Crippen MR) is 68.5 cm³/mol. The number of nitrogens with one attached hydrogen (secondary N) is 1. The van der Waals surface area contributed by atoms with Gasteiger partial charge in [0.25, 0.3) is 0 Å². The van der Waals surface area contributed by atoms with Crippen LogP contribution in [0.2, 0.25) is 0 Å². The van der Waals surface area contributed by atoms with Crippen LogP contribution < -0.4 is 5.32 Å². The highest BCUT2D eigenvalue weighted by Gasteiger charge is 2.29. The zero-order chi connectivity index (χ0) is 15.5. The lowest BCUT2D eigenvalue weighted by Crippen LogP contribution is -2.45. The molecule has 1 aromatic heterocycles. The van der Waals surface area contributed by atoms with Gasteiger partial charge in [-0.15, -0.1) is 10.2 Å². The van der Waals surface area contributed by atoms with Crippen molar-refractivity contribution in [3.05, 3.63) is 12.2 Å². The van der Waals surface area contributed by atoms with Gasteiger partial charge < -0.3 is 14.8 Å². The molecular weight excluding hydrogens is 287 g/mol. The molecule has 1 fully saturated rings. The summed E-state index contributed by atoms with van der Waals surface area (Å²) in [5.74, 6) is 0.569. The Morgan fingerprint density at radius 2 is 2.29 bits per heavy atom. The number of carbonyl (C=O) groups is 1. The smallest absolute Gasteiger partial charge is 0.341 e. The van der Waals surface area contributed by atoms with E-state index in [1.807, 2.05) is 7.05 Å². The van der Waals surface area contributed by atoms with Crippen LogP contribution in [0.15, 0.2) is 6.33 Å². The van der Waals surface area contributed by atoms with E-state index in [-0.39, 0.29) is 18.4 Å². The summed E-state index contributed by atoms with van der Waals surface area (Å²) in [5.41, 5.74) is 0. The summed E-state index contributed by atoms with van der Waals surface area (Å²) in [6.45, 7) is -0.412. The molecule has 0 aromatic carbocycles. The minimum Gasteiger partial charge on any atom is -0.341 e. The molecule has 118 valence electrons. The maximum atomic E-state index is 12.0. The molecule has 1 aromatic rings. The van der Waals surface area contributed by atoms with Crippen LogP contribution >= 0.6 is 0 Å². The lowest BCUT2D eigenvalue weighted by Gasteiger charge is -2.32. The molecule has 6 nitrogen and oxygen atoms in total. The Balaban J connectivity index is 1.86. The molecule has 0 bridgehead atoms. The van der Waals surface area contributed by atoms with Crippen LogP contribution in [0.4, 0.5) is 13.2 Å². The van der Waals surface area contributed by atoms with Crippen molar-refractivity contribution in [1.29, 1.82) is 0 Å². The Bertz CT molecular complexity index is 487. The van der Waals surface area contributed by atoms with Gasteiger partial charge in [0.05, 0.1) is 13.1 Å². The van der Waals surface area contributed by atoms with Gasteiger partial charge >= 0.3 is 6.18 Å². The summed E-state index contributed by atoms with van der Waals surface area (Å²) in [6.07, 6.45) is -1.00. The van der Waals surface area contributed by atoms with Gasteiger partial charge in [-0.05, 0) is 12.8 Å². The standard InChI is InChI=1S/C12H18F3N5O/c1-19-8-17-18-11(19)9-3-2-4-20(6-9)10(21)5-16-7-12(13,14)15/h8-9,16H,2-7H2,1H3. The van der Waals surface area contributed by atoms with E-state index in [1.165, 1.54) is 0 Å². The van der Waals surface area contributed by atoms with E-state index in [1.54, 1.807) is 15.8 Å². The van der Waals surface area contributed by atoms with E-state index >= 15 is 0 Å². The van der Waals surface area contributed by atoms with Crippen LogP contribution in [-0.2, 0) is 11.8 Å². The van der Waals surface area contributed by atoms with Crippen LogP contribution in [0.3, 0.4) is 0 Å². The second kappa shape index (κ2) is 6.42. The molecule has 1 atom stereocenters. The highest BCUT2D eigenvalue weighted by Crippen LogP contribution is 2.24. The molecule has 1 aliphatic heterocycles. The van der Waals surface area contributed by atoms with Gasteiger partial charge in [-0.25, -0.2) is 0 Å². The van der Waals surface area contributed by atoms with Gasteiger partial charge in [0, 0.05) is 26.1 Å². The minimum absolute atomic E-state index is 0.0813. The van der Waals surface area contributed by atoms with E-state index in [0.717, 1.165) is 18.7 Å². The Labute approximate surface area is 120 Å². The number of hydrogen-bond acceptors (Lipinski definition) is 4. The van der Waals surface area contributed by atoms with Gasteiger partial charge in [-0.3, -0.25) is 4.79 Å². The molecule has 1 unspecified atom stereocenters. The van der Waals surface area contributed by atoms with Crippen molar-refractivity contribution >= 4 is 5.91 Å². The van der Waals surface area contributed by atoms with Gasteiger partial charge in [0.15, 0.2) is 0 Å². The molecule has 1 aliphatic rings. The number of rotatable bonds is 4.